The van der Waals surface area contributed by atoms with E-state index in [-0.39, 0.29) is 11.2 Å². The van der Waals surface area contributed by atoms with Crippen molar-refractivity contribution in [2.45, 2.75) is 37.2 Å². The molecule has 1 N–H and O–H groups in total. The van der Waals surface area contributed by atoms with Gasteiger partial charge in [0.15, 0.2) is 5.16 Å². The molecule has 2 aromatic heterocycles. The zero-order chi connectivity index (χ0) is 19.2. The first kappa shape index (κ1) is 19.4. The predicted octanol–water partition coefficient (Wildman–Crippen LogP) is 4.06. The number of hydrogen-bond acceptors (Lipinski definition) is 5. The van der Waals surface area contributed by atoms with Crippen LogP contribution < -0.4 is 5.32 Å². The normalized spacial score (nSPS) is 12.0. The van der Waals surface area contributed by atoms with E-state index in [4.69, 9.17) is 11.6 Å². The molecule has 0 aliphatic rings. The van der Waals surface area contributed by atoms with Gasteiger partial charge in [-0.25, -0.2) is 4.98 Å². The van der Waals surface area contributed by atoms with Gasteiger partial charge in [-0.3, -0.25) is 4.79 Å². The van der Waals surface area contributed by atoms with Gasteiger partial charge in [-0.2, -0.15) is 0 Å². The van der Waals surface area contributed by atoms with Crippen molar-refractivity contribution in [1.82, 2.24) is 19.7 Å². The van der Waals surface area contributed by atoms with Crippen LogP contribution >= 0.6 is 23.4 Å². The van der Waals surface area contributed by atoms with Gasteiger partial charge in [-0.05, 0) is 31.5 Å². The van der Waals surface area contributed by atoms with Crippen molar-refractivity contribution < 1.29 is 4.79 Å². The van der Waals surface area contributed by atoms with Crippen molar-refractivity contribution in [1.29, 1.82) is 0 Å². The molecule has 8 heteroatoms. The summed E-state index contributed by atoms with van der Waals surface area (Å²) in [6.07, 6.45) is 2.20. The molecular weight excluding hydrogens is 382 g/mol. The van der Waals surface area contributed by atoms with Gasteiger partial charge in [0, 0.05) is 19.2 Å². The first-order valence-electron chi connectivity index (χ1n) is 8.62. The van der Waals surface area contributed by atoms with Crippen LogP contribution in [-0.4, -0.2) is 30.9 Å². The highest BCUT2D eigenvalue weighted by atomic mass is 35.5. The maximum Gasteiger partial charge on any atom is 0.238 e. The molecule has 1 aromatic carbocycles. The van der Waals surface area contributed by atoms with Gasteiger partial charge < -0.3 is 9.88 Å². The lowest BCUT2D eigenvalue weighted by atomic mass is 10.1. The number of nitrogens with zero attached hydrogens (tertiary/aromatic N) is 4. The van der Waals surface area contributed by atoms with Crippen LogP contribution in [0.25, 0.3) is 0 Å². The van der Waals surface area contributed by atoms with Crippen LogP contribution in [0.5, 0.6) is 0 Å². The maximum absolute atomic E-state index is 12.4. The Morgan fingerprint density at radius 3 is 2.67 bits per heavy atom. The molecule has 3 aromatic rings. The molecule has 0 bridgehead atoms. The number of carbonyl (C=O) groups is 1. The van der Waals surface area contributed by atoms with Gasteiger partial charge in [-0.1, -0.05) is 53.7 Å². The highest BCUT2D eigenvalue weighted by Gasteiger charge is 2.20. The fourth-order valence-corrected chi connectivity index (χ4v) is 3.57. The molecule has 1 unspecified atom stereocenters. The third-order valence-corrected chi connectivity index (χ3v) is 5.25. The summed E-state index contributed by atoms with van der Waals surface area (Å²) in [6, 6.07) is 13.5. The standard InChI is InChI=1S/C19H20ClN5OS/c1-3-25-17(11-14-7-5-4-6-8-14)23-24-19(25)27-13(2)18(26)22-16-10-9-15(20)12-21-16/h4-10,12-13H,3,11H2,1-2H3,(H,21,22,26). The number of thioether (sulfide) groups is 1. The number of amides is 1. The summed E-state index contributed by atoms with van der Waals surface area (Å²) in [5.41, 5.74) is 1.18. The predicted molar refractivity (Wildman–Crippen MR) is 108 cm³/mol. The second-order valence-corrected chi connectivity index (χ2v) is 7.66. The molecule has 27 heavy (non-hydrogen) atoms. The second kappa shape index (κ2) is 9.01. The lowest BCUT2D eigenvalue weighted by Crippen LogP contribution is -2.23. The number of benzene rings is 1. The summed E-state index contributed by atoms with van der Waals surface area (Å²) in [5, 5.41) is 12.3. The van der Waals surface area contributed by atoms with Crippen LogP contribution in [-0.2, 0) is 17.8 Å². The summed E-state index contributed by atoms with van der Waals surface area (Å²) in [7, 11) is 0. The number of rotatable bonds is 7. The molecule has 140 valence electrons. The van der Waals surface area contributed by atoms with Crippen molar-refractivity contribution in [2.75, 3.05) is 5.32 Å². The van der Waals surface area contributed by atoms with Crippen LogP contribution in [0.2, 0.25) is 5.02 Å². The van der Waals surface area contributed by atoms with E-state index in [1.807, 2.05) is 36.6 Å². The third kappa shape index (κ3) is 5.08. The number of anilines is 1. The molecule has 1 amide bonds. The molecule has 0 aliphatic heterocycles. The molecule has 3 rings (SSSR count). The quantitative estimate of drug-likeness (QED) is 0.604. The van der Waals surface area contributed by atoms with Crippen LogP contribution in [0.1, 0.15) is 25.2 Å². The first-order chi connectivity index (χ1) is 13.1. The number of carbonyl (C=O) groups excluding carboxylic acids is 1. The van der Waals surface area contributed by atoms with E-state index in [9.17, 15) is 4.79 Å². The fraction of sp³-hybridized carbons (Fsp3) is 0.263. The minimum absolute atomic E-state index is 0.148. The maximum atomic E-state index is 12.4. The molecule has 0 spiro atoms. The van der Waals surface area contributed by atoms with E-state index < -0.39 is 0 Å². The Morgan fingerprint density at radius 2 is 2.00 bits per heavy atom. The minimum atomic E-state index is -0.346. The monoisotopic (exact) mass is 401 g/mol. The van der Waals surface area contributed by atoms with E-state index >= 15 is 0 Å². The SMILES string of the molecule is CCn1c(Cc2ccccc2)nnc1SC(C)C(=O)Nc1ccc(Cl)cn1. The van der Waals surface area contributed by atoms with Gasteiger partial charge in [-0.15, -0.1) is 10.2 Å². The Hall–Kier alpha value is -2.38. The fourth-order valence-electron chi connectivity index (χ4n) is 2.52. The van der Waals surface area contributed by atoms with E-state index in [0.29, 0.717) is 17.3 Å². The Labute approximate surface area is 167 Å². The average Bonchev–Trinajstić information content (AvgIpc) is 3.05. The summed E-state index contributed by atoms with van der Waals surface area (Å²) in [5.74, 6) is 1.21. The highest BCUT2D eigenvalue weighted by molar-refractivity contribution is 8.00. The minimum Gasteiger partial charge on any atom is -0.310 e. The molecule has 0 saturated carbocycles. The lowest BCUT2D eigenvalue weighted by molar-refractivity contribution is -0.115. The Morgan fingerprint density at radius 1 is 1.22 bits per heavy atom. The van der Waals surface area contributed by atoms with Crippen LogP contribution in [0.4, 0.5) is 5.82 Å². The molecule has 0 radical (unpaired) electrons. The van der Waals surface area contributed by atoms with Crippen molar-refractivity contribution in [3.8, 4) is 0 Å². The lowest BCUT2D eigenvalue weighted by Gasteiger charge is -2.12. The molecule has 0 aliphatic carbocycles. The number of halogens is 1. The summed E-state index contributed by atoms with van der Waals surface area (Å²) in [4.78, 5) is 16.5. The molecule has 0 saturated heterocycles. The topological polar surface area (TPSA) is 72.7 Å². The average molecular weight is 402 g/mol. The van der Waals surface area contributed by atoms with E-state index in [1.54, 1.807) is 12.1 Å². The third-order valence-electron chi connectivity index (χ3n) is 3.94. The van der Waals surface area contributed by atoms with E-state index in [0.717, 1.165) is 17.5 Å². The zero-order valence-corrected chi connectivity index (χ0v) is 16.7. The highest BCUT2D eigenvalue weighted by Crippen LogP contribution is 2.24. The van der Waals surface area contributed by atoms with Gasteiger partial charge in [0.2, 0.25) is 5.91 Å². The van der Waals surface area contributed by atoms with Crippen molar-refractivity contribution in [3.05, 3.63) is 65.1 Å². The molecule has 2 heterocycles. The van der Waals surface area contributed by atoms with Gasteiger partial charge in [0.25, 0.3) is 0 Å². The van der Waals surface area contributed by atoms with Gasteiger partial charge in [0.1, 0.15) is 11.6 Å². The molecular formula is C19H20ClN5OS. The summed E-state index contributed by atoms with van der Waals surface area (Å²) >= 11 is 7.19. The Kier molecular flexibility index (Phi) is 6.47. The van der Waals surface area contributed by atoms with Crippen molar-refractivity contribution in [3.63, 3.8) is 0 Å². The summed E-state index contributed by atoms with van der Waals surface area (Å²) < 4.78 is 2.04. The number of hydrogen-bond donors (Lipinski definition) is 1. The summed E-state index contributed by atoms with van der Waals surface area (Å²) in [6.45, 7) is 4.62. The smallest absolute Gasteiger partial charge is 0.238 e. The number of pyridine rings is 1. The van der Waals surface area contributed by atoms with Gasteiger partial charge in [0.05, 0.1) is 10.3 Å². The second-order valence-electron chi connectivity index (χ2n) is 5.92. The largest absolute Gasteiger partial charge is 0.310 e. The molecule has 6 nitrogen and oxygen atoms in total. The van der Waals surface area contributed by atoms with Crippen molar-refractivity contribution in [2.24, 2.45) is 0 Å². The molecule has 0 fully saturated rings. The Balaban J connectivity index is 1.67. The zero-order valence-electron chi connectivity index (χ0n) is 15.1. The Bertz CT molecular complexity index is 898. The van der Waals surface area contributed by atoms with E-state index in [1.165, 1.54) is 23.5 Å². The van der Waals surface area contributed by atoms with Crippen molar-refractivity contribution >= 4 is 35.1 Å². The first-order valence-corrected chi connectivity index (χ1v) is 9.87. The molecule has 1 atom stereocenters. The van der Waals surface area contributed by atoms with E-state index in [2.05, 4.69) is 32.6 Å². The van der Waals surface area contributed by atoms with Crippen LogP contribution in [0, 0.1) is 0 Å². The van der Waals surface area contributed by atoms with Crippen LogP contribution in [0.15, 0.2) is 53.8 Å². The number of nitrogens with one attached hydrogen (secondary N) is 1. The van der Waals surface area contributed by atoms with Crippen LogP contribution in [0.3, 0.4) is 0 Å². The van der Waals surface area contributed by atoms with Gasteiger partial charge >= 0.3 is 0 Å². The number of aromatic nitrogens is 4.